The topological polar surface area (TPSA) is 46.6 Å². The summed E-state index contributed by atoms with van der Waals surface area (Å²) in [4.78, 5) is 28.0. The summed E-state index contributed by atoms with van der Waals surface area (Å²) in [6, 6.07) is 19.5. The number of amides is 1. The van der Waals surface area contributed by atoms with Gasteiger partial charge in [0.05, 0.1) is 13.0 Å². The Hall–Kier alpha value is -2.27. The van der Waals surface area contributed by atoms with E-state index in [1.807, 2.05) is 60.4 Å². The van der Waals surface area contributed by atoms with Crippen molar-refractivity contribution in [1.29, 1.82) is 0 Å². The molecule has 3 rings (SSSR count). The van der Waals surface area contributed by atoms with Gasteiger partial charge in [0.2, 0.25) is 0 Å². The van der Waals surface area contributed by atoms with E-state index in [0.29, 0.717) is 31.7 Å². The number of hydrogen-bond acceptors (Lipinski definition) is 4. The Kier molecular flexibility index (Phi) is 6.56. The number of thioether (sulfide) groups is 1. The molecule has 0 atom stereocenters. The highest BCUT2D eigenvalue weighted by Crippen LogP contribution is 2.44. The maximum atomic E-state index is 12.7. The molecule has 0 aliphatic carbocycles. The first kappa shape index (κ1) is 19.5. The zero-order chi connectivity index (χ0) is 19.1. The van der Waals surface area contributed by atoms with E-state index >= 15 is 0 Å². The number of esters is 1. The van der Waals surface area contributed by atoms with Crippen LogP contribution in [0.4, 0.5) is 0 Å². The average molecular weight is 384 g/mol. The van der Waals surface area contributed by atoms with Crippen LogP contribution >= 0.6 is 11.8 Å². The van der Waals surface area contributed by atoms with Crippen molar-refractivity contribution < 1.29 is 14.3 Å². The smallest absolute Gasteiger partial charge is 0.307 e. The molecule has 2 aromatic carbocycles. The van der Waals surface area contributed by atoms with Crippen LogP contribution in [-0.4, -0.2) is 41.2 Å². The van der Waals surface area contributed by atoms with Gasteiger partial charge in [-0.15, -0.1) is 11.8 Å². The molecule has 1 saturated heterocycles. The van der Waals surface area contributed by atoms with Crippen LogP contribution in [0.3, 0.4) is 0 Å². The highest BCUT2D eigenvalue weighted by atomic mass is 32.2. The molecule has 0 bridgehead atoms. The maximum Gasteiger partial charge on any atom is 0.307 e. The summed E-state index contributed by atoms with van der Waals surface area (Å²) in [5, 5.41) is 0. The molecule has 2 aromatic rings. The summed E-state index contributed by atoms with van der Waals surface area (Å²) >= 11 is 1.74. The molecule has 0 unspecified atom stereocenters. The van der Waals surface area contributed by atoms with Gasteiger partial charge in [0.25, 0.3) is 5.91 Å². The Morgan fingerprint density at radius 2 is 1.59 bits per heavy atom. The number of benzene rings is 2. The lowest BCUT2D eigenvalue weighted by molar-refractivity contribution is -0.144. The molecular weight excluding hydrogens is 358 g/mol. The summed E-state index contributed by atoms with van der Waals surface area (Å²) in [5.41, 5.74) is 0.714. The number of piperidine rings is 1. The van der Waals surface area contributed by atoms with Gasteiger partial charge in [0.15, 0.2) is 0 Å². The van der Waals surface area contributed by atoms with Crippen molar-refractivity contribution in [3.63, 3.8) is 0 Å². The largest absolute Gasteiger partial charge is 0.466 e. The van der Waals surface area contributed by atoms with E-state index in [2.05, 4.69) is 12.1 Å². The zero-order valence-corrected chi connectivity index (χ0v) is 16.4. The second kappa shape index (κ2) is 9.09. The Balaban J connectivity index is 1.71. The van der Waals surface area contributed by atoms with Crippen molar-refractivity contribution >= 4 is 23.6 Å². The molecule has 1 heterocycles. The van der Waals surface area contributed by atoms with Gasteiger partial charge in [0.1, 0.15) is 0 Å². The lowest BCUT2D eigenvalue weighted by Gasteiger charge is -2.41. The van der Waals surface area contributed by atoms with E-state index in [1.54, 1.807) is 11.8 Å². The van der Waals surface area contributed by atoms with Gasteiger partial charge in [-0.05, 0) is 44.0 Å². The van der Waals surface area contributed by atoms with Crippen LogP contribution in [0, 0.1) is 0 Å². The second-order valence-corrected chi connectivity index (χ2v) is 8.28. The number of carbonyl (C=O) groups excluding carboxylic acids is 2. The lowest BCUT2D eigenvalue weighted by Crippen LogP contribution is -2.46. The number of rotatable bonds is 6. The predicted molar refractivity (Wildman–Crippen MR) is 108 cm³/mol. The molecule has 1 aliphatic heterocycles. The van der Waals surface area contributed by atoms with E-state index in [9.17, 15) is 9.59 Å². The maximum absolute atomic E-state index is 12.7. The molecule has 1 aliphatic rings. The average Bonchev–Trinajstić information content (AvgIpc) is 2.69. The fourth-order valence-electron chi connectivity index (χ4n) is 3.41. The van der Waals surface area contributed by atoms with Gasteiger partial charge in [-0.3, -0.25) is 9.59 Å². The number of hydrogen-bond donors (Lipinski definition) is 0. The Morgan fingerprint density at radius 1 is 1.00 bits per heavy atom. The standard InChI is InChI=1S/C22H25NO3S/c1-2-26-20(24)17-22(27-19-11-7-4-8-12-19)13-15-23(16-14-22)21(25)18-9-5-3-6-10-18/h3-12H,2,13-17H2,1H3. The fourth-order valence-corrected chi connectivity index (χ4v) is 4.78. The third kappa shape index (κ3) is 5.13. The van der Waals surface area contributed by atoms with Crippen LogP contribution in [0.1, 0.15) is 36.5 Å². The minimum Gasteiger partial charge on any atom is -0.466 e. The van der Waals surface area contributed by atoms with E-state index in [0.717, 1.165) is 17.7 Å². The molecule has 0 spiro atoms. The van der Waals surface area contributed by atoms with Gasteiger partial charge in [-0.2, -0.15) is 0 Å². The molecular formula is C22H25NO3S. The van der Waals surface area contributed by atoms with Crippen molar-refractivity contribution in [1.82, 2.24) is 4.90 Å². The molecule has 0 saturated carbocycles. The zero-order valence-electron chi connectivity index (χ0n) is 15.6. The van der Waals surface area contributed by atoms with E-state index in [-0.39, 0.29) is 16.6 Å². The molecule has 1 fully saturated rings. The number of carbonyl (C=O) groups is 2. The minimum atomic E-state index is -0.235. The SMILES string of the molecule is CCOC(=O)CC1(Sc2ccccc2)CCN(C(=O)c2ccccc2)CC1. The van der Waals surface area contributed by atoms with Crippen molar-refractivity contribution in [2.75, 3.05) is 19.7 Å². The van der Waals surface area contributed by atoms with Crippen molar-refractivity contribution in [3.05, 3.63) is 66.2 Å². The predicted octanol–water partition coefficient (Wildman–Crippen LogP) is 4.41. The molecule has 27 heavy (non-hydrogen) atoms. The first-order valence-corrected chi connectivity index (χ1v) is 10.2. The van der Waals surface area contributed by atoms with Crippen LogP contribution < -0.4 is 0 Å². The molecule has 0 N–H and O–H groups in total. The van der Waals surface area contributed by atoms with Crippen LogP contribution in [0.5, 0.6) is 0 Å². The summed E-state index contributed by atoms with van der Waals surface area (Å²) in [5.74, 6) is -0.103. The summed E-state index contributed by atoms with van der Waals surface area (Å²) < 4.78 is 4.98. The van der Waals surface area contributed by atoms with E-state index < -0.39 is 0 Å². The van der Waals surface area contributed by atoms with Gasteiger partial charge < -0.3 is 9.64 Å². The summed E-state index contributed by atoms with van der Waals surface area (Å²) in [6.07, 6.45) is 1.90. The molecule has 142 valence electrons. The van der Waals surface area contributed by atoms with Crippen LogP contribution in [0.2, 0.25) is 0 Å². The third-order valence-corrected chi connectivity index (χ3v) is 6.33. The van der Waals surface area contributed by atoms with Gasteiger partial charge in [-0.1, -0.05) is 36.4 Å². The van der Waals surface area contributed by atoms with Crippen LogP contribution in [-0.2, 0) is 9.53 Å². The lowest BCUT2D eigenvalue weighted by atomic mass is 9.92. The normalized spacial score (nSPS) is 16.0. The summed E-state index contributed by atoms with van der Waals surface area (Å²) in [6.45, 7) is 3.51. The second-order valence-electron chi connectivity index (χ2n) is 6.74. The van der Waals surface area contributed by atoms with Gasteiger partial charge in [-0.25, -0.2) is 0 Å². The third-order valence-electron chi connectivity index (χ3n) is 4.83. The Morgan fingerprint density at radius 3 is 2.19 bits per heavy atom. The quantitative estimate of drug-likeness (QED) is 0.694. The van der Waals surface area contributed by atoms with Gasteiger partial charge >= 0.3 is 5.97 Å². The van der Waals surface area contributed by atoms with E-state index in [4.69, 9.17) is 4.74 Å². The highest BCUT2D eigenvalue weighted by Gasteiger charge is 2.39. The molecule has 0 radical (unpaired) electrons. The fraction of sp³-hybridized carbons (Fsp3) is 0.364. The Labute approximate surface area is 164 Å². The summed E-state index contributed by atoms with van der Waals surface area (Å²) in [7, 11) is 0. The monoisotopic (exact) mass is 383 g/mol. The first-order valence-electron chi connectivity index (χ1n) is 9.36. The number of likely N-dealkylation sites (tertiary alicyclic amines) is 1. The van der Waals surface area contributed by atoms with Crippen LogP contribution in [0.15, 0.2) is 65.6 Å². The molecule has 5 heteroatoms. The number of ether oxygens (including phenoxy) is 1. The molecule has 4 nitrogen and oxygen atoms in total. The van der Waals surface area contributed by atoms with E-state index in [1.165, 1.54) is 0 Å². The van der Waals surface area contributed by atoms with Crippen LogP contribution in [0.25, 0.3) is 0 Å². The van der Waals surface area contributed by atoms with Crippen molar-refractivity contribution in [2.45, 2.75) is 35.8 Å². The molecule has 1 amide bonds. The first-order chi connectivity index (χ1) is 13.1. The highest BCUT2D eigenvalue weighted by molar-refractivity contribution is 8.00. The minimum absolute atomic E-state index is 0.0602. The Bertz CT molecular complexity index is 756. The molecule has 0 aromatic heterocycles. The number of nitrogens with zero attached hydrogens (tertiary/aromatic N) is 1. The van der Waals surface area contributed by atoms with Crippen molar-refractivity contribution in [3.8, 4) is 0 Å². The van der Waals surface area contributed by atoms with Gasteiger partial charge in [0, 0.05) is 28.3 Å². The van der Waals surface area contributed by atoms with Crippen molar-refractivity contribution in [2.24, 2.45) is 0 Å².